The second-order valence-electron chi connectivity index (χ2n) is 7.96. The Labute approximate surface area is 198 Å². The monoisotopic (exact) mass is 457 g/mol. The number of carboxylic acids is 1. The Morgan fingerprint density at radius 1 is 0.939 bits per heavy atom. The van der Waals surface area contributed by atoms with Gasteiger partial charge in [0.05, 0.1) is 11.3 Å². The normalized spacial score (nSPS) is 10.8. The van der Waals surface area contributed by atoms with Crippen molar-refractivity contribution in [2.75, 3.05) is 5.32 Å². The SMILES string of the molecule is CCc1c(C)nc(-c2ccc(CCc3ccccc3)s2)nc1Nc1ccc(CC(=O)O)cc1. The highest BCUT2D eigenvalue weighted by Crippen LogP contribution is 2.30. The summed E-state index contributed by atoms with van der Waals surface area (Å²) in [7, 11) is 0. The van der Waals surface area contributed by atoms with Crippen LogP contribution in [0, 0.1) is 6.92 Å². The zero-order chi connectivity index (χ0) is 23.2. The van der Waals surface area contributed by atoms with Crippen molar-refractivity contribution in [2.24, 2.45) is 0 Å². The molecule has 0 radical (unpaired) electrons. The molecule has 33 heavy (non-hydrogen) atoms. The van der Waals surface area contributed by atoms with Gasteiger partial charge < -0.3 is 10.4 Å². The first-order valence-corrected chi connectivity index (χ1v) is 11.9. The Balaban J connectivity index is 1.54. The van der Waals surface area contributed by atoms with Crippen LogP contribution in [-0.4, -0.2) is 21.0 Å². The molecule has 4 rings (SSSR count). The molecule has 2 aromatic carbocycles. The van der Waals surface area contributed by atoms with Crippen LogP contribution < -0.4 is 5.32 Å². The molecule has 0 fully saturated rings. The van der Waals surface area contributed by atoms with E-state index < -0.39 is 5.97 Å². The van der Waals surface area contributed by atoms with Gasteiger partial charge in [-0.1, -0.05) is 49.4 Å². The molecule has 6 heteroatoms. The van der Waals surface area contributed by atoms with Crippen LogP contribution in [0.5, 0.6) is 0 Å². The third-order valence-electron chi connectivity index (χ3n) is 5.52. The van der Waals surface area contributed by atoms with Gasteiger partial charge in [0.15, 0.2) is 5.82 Å². The van der Waals surface area contributed by atoms with Crippen molar-refractivity contribution in [3.63, 3.8) is 0 Å². The van der Waals surface area contributed by atoms with Crippen molar-refractivity contribution in [1.82, 2.24) is 9.97 Å². The molecule has 0 bridgehead atoms. The van der Waals surface area contributed by atoms with E-state index in [0.717, 1.165) is 58.3 Å². The lowest BCUT2D eigenvalue weighted by Gasteiger charge is -2.14. The first-order valence-electron chi connectivity index (χ1n) is 11.1. The number of nitrogens with one attached hydrogen (secondary N) is 1. The predicted molar refractivity (Wildman–Crippen MR) is 134 cm³/mol. The minimum Gasteiger partial charge on any atom is -0.481 e. The fraction of sp³-hybridized carbons (Fsp3) is 0.222. The highest BCUT2D eigenvalue weighted by atomic mass is 32.1. The van der Waals surface area contributed by atoms with Crippen molar-refractivity contribution in [3.05, 3.63) is 94.0 Å². The van der Waals surface area contributed by atoms with E-state index in [4.69, 9.17) is 15.1 Å². The maximum absolute atomic E-state index is 10.9. The number of hydrogen-bond acceptors (Lipinski definition) is 5. The van der Waals surface area contributed by atoms with Crippen molar-refractivity contribution in [3.8, 4) is 10.7 Å². The quantitative estimate of drug-likeness (QED) is 0.311. The summed E-state index contributed by atoms with van der Waals surface area (Å²) < 4.78 is 0. The predicted octanol–water partition coefficient (Wildman–Crippen LogP) is 6.23. The molecular weight excluding hydrogens is 430 g/mol. The van der Waals surface area contributed by atoms with Crippen LogP contribution in [0.1, 0.15) is 34.2 Å². The Hall–Kier alpha value is -3.51. The molecule has 2 aromatic heterocycles. The second-order valence-corrected chi connectivity index (χ2v) is 9.13. The molecule has 168 valence electrons. The van der Waals surface area contributed by atoms with Gasteiger partial charge in [0.1, 0.15) is 5.82 Å². The summed E-state index contributed by atoms with van der Waals surface area (Å²) >= 11 is 1.74. The molecule has 0 aliphatic carbocycles. The average Bonchev–Trinajstić information content (AvgIpc) is 3.28. The number of aromatic nitrogens is 2. The fourth-order valence-corrected chi connectivity index (χ4v) is 4.74. The topological polar surface area (TPSA) is 75.1 Å². The summed E-state index contributed by atoms with van der Waals surface area (Å²) in [5, 5.41) is 12.4. The van der Waals surface area contributed by atoms with E-state index in [0.29, 0.717) is 0 Å². The fourth-order valence-electron chi connectivity index (χ4n) is 3.79. The summed E-state index contributed by atoms with van der Waals surface area (Å²) in [6.45, 7) is 4.12. The molecule has 2 N–H and O–H groups in total. The summed E-state index contributed by atoms with van der Waals surface area (Å²) in [4.78, 5) is 23.0. The Bertz CT molecular complexity index is 1230. The highest BCUT2D eigenvalue weighted by Gasteiger charge is 2.14. The van der Waals surface area contributed by atoms with E-state index in [-0.39, 0.29) is 6.42 Å². The number of benzene rings is 2. The van der Waals surface area contributed by atoms with E-state index in [1.54, 1.807) is 11.3 Å². The van der Waals surface area contributed by atoms with Gasteiger partial charge in [0.25, 0.3) is 0 Å². The number of carbonyl (C=O) groups is 1. The number of aryl methyl sites for hydroxylation is 3. The largest absolute Gasteiger partial charge is 0.481 e. The number of anilines is 2. The van der Waals surface area contributed by atoms with Gasteiger partial charge in [0, 0.05) is 21.8 Å². The zero-order valence-corrected chi connectivity index (χ0v) is 19.7. The number of nitrogens with zero attached hydrogens (tertiary/aromatic N) is 2. The Kier molecular flexibility index (Phi) is 7.15. The second kappa shape index (κ2) is 10.4. The maximum atomic E-state index is 10.9. The molecule has 0 aliphatic rings. The molecule has 5 nitrogen and oxygen atoms in total. The number of aliphatic carboxylic acids is 1. The first-order chi connectivity index (χ1) is 16.0. The summed E-state index contributed by atoms with van der Waals surface area (Å²) in [6, 6.07) is 22.2. The zero-order valence-electron chi connectivity index (χ0n) is 18.8. The van der Waals surface area contributed by atoms with Gasteiger partial charge in [-0.25, -0.2) is 9.97 Å². The molecule has 4 aromatic rings. The van der Waals surface area contributed by atoms with E-state index in [9.17, 15) is 4.79 Å². The molecule has 0 atom stereocenters. The van der Waals surface area contributed by atoms with Gasteiger partial charge in [-0.15, -0.1) is 11.3 Å². The molecular formula is C27H27N3O2S. The van der Waals surface area contributed by atoms with Gasteiger partial charge in [0.2, 0.25) is 0 Å². The molecule has 0 spiro atoms. The van der Waals surface area contributed by atoms with Crippen molar-refractivity contribution >= 4 is 28.8 Å². The number of carboxylic acid groups (broad SMARTS) is 1. The van der Waals surface area contributed by atoms with E-state index >= 15 is 0 Å². The smallest absolute Gasteiger partial charge is 0.307 e. The van der Waals surface area contributed by atoms with Gasteiger partial charge in [-0.2, -0.15) is 0 Å². The first kappa shape index (κ1) is 22.7. The number of thiophene rings is 1. The molecule has 0 saturated carbocycles. The standard InChI is InChI=1S/C27H27N3O2S/c1-3-23-18(2)28-27(24-16-15-22(33-24)14-11-19-7-5-4-6-8-19)30-26(23)29-21-12-9-20(10-13-21)17-25(31)32/h4-10,12-13,15-16H,3,11,14,17H2,1-2H3,(H,31,32)(H,28,29,30). The summed E-state index contributed by atoms with van der Waals surface area (Å²) in [5.41, 5.74) is 5.02. The Morgan fingerprint density at radius 2 is 1.70 bits per heavy atom. The number of hydrogen-bond donors (Lipinski definition) is 2. The van der Waals surface area contributed by atoms with E-state index in [1.807, 2.05) is 37.3 Å². The van der Waals surface area contributed by atoms with Gasteiger partial charge in [-0.3, -0.25) is 4.79 Å². The summed E-state index contributed by atoms with van der Waals surface area (Å²) in [6.07, 6.45) is 2.84. The third kappa shape index (κ3) is 5.84. The van der Waals surface area contributed by atoms with E-state index in [2.05, 4.69) is 48.6 Å². The van der Waals surface area contributed by atoms with Crippen molar-refractivity contribution < 1.29 is 9.90 Å². The van der Waals surface area contributed by atoms with Gasteiger partial charge >= 0.3 is 5.97 Å². The minimum atomic E-state index is -0.834. The molecule has 0 saturated heterocycles. The molecule has 0 amide bonds. The van der Waals surface area contributed by atoms with Crippen LogP contribution in [0.4, 0.5) is 11.5 Å². The van der Waals surface area contributed by atoms with E-state index in [1.165, 1.54) is 10.4 Å². The molecule has 0 aliphatic heterocycles. The summed E-state index contributed by atoms with van der Waals surface area (Å²) in [5.74, 6) is 0.690. The van der Waals surface area contributed by atoms with Crippen LogP contribution in [0.2, 0.25) is 0 Å². The van der Waals surface area contributed by atoms with Crippen LogP contribution in [-0.2, 0) is 30.5 Å². The van der Waals surface area contributed by atoms with Crippen molar-refractivity contribution in [2.45, 2.75) is 39.5 Å². The highest BCUT2D eigenvalue weighted by molar-refractivity contribution is 7.15. The van der Waals surface area contributed by atoms with Crippen molar-refractivity contribution in [1.29, 1.82) is 0 Å². The lowest BCUT2D eigenvalue weighted by molar-refractivity contribution is -0.136. The van der Waals surface area contributed by atoms with Crippen LogP contribution in [0.15, 0.2) is 66.7 Å². The lowest BCUT2D eigenvalue weighted by Crippen LogP contribution is -2.05. The molecule has 2 heterocycles. The molecule has 0 unspecified atom stereocenters. The van der Waals surface area contributed by atoms with Crippen LogP contribution in [0.25, 0.3) is 10.7 Å². The average molecular weight is 458 g/mol. The number of rotatable bonds is 9. The Morgan fingerprint density at radius 3 is 2.39 bits per heavy atom. The lowest BCUT2D eigenvalue weighted by atomic mass is 10.1. The minimum absolute atomic E-state index is 0.0161. The van der Waals surface area contributed by atoms with Crippen LogP contribution >= 0.6 is 11.3 Å². The van der Waals surface area contributed by atoms with Crippen LogP contribution in [0.3, 0.4) is 0 Å². The third-order valence-corrected chi connectivity index (χ3v) is 6.67. The van der Waals surface area contributed by atoms with Gasteiger partial charge in [-0.05, 0) is 61.6 Å². The maximum Gasteiger partial charge on any atom is 0.307 e.